The number of ether oxygens (including phenoxy) is 1. The van der Waals surface area contributed by atoms with Gasteiger partial charge in [0.05, 0.1) is 17.9 Å². The van der Waals surface area contributed by atoms with Gasteiger partial charge < -0.3 is 19.5 Å². The van der Waals surface area contributed by atoms with Crippen LogP contribution >= 0.6 is 0 Å². The van der Waals surface area contributed by atoms with Crippen LogP contribution in [0.5, 0.6) is 0 Å². The van der Waals surface area contributed by atoms with Crippen LogP contribution in [0.3, 0.4) is 0 Å². The molecule has 4 heterocycles. The zero-order valence-corrected chi connectivity index (χ0v) is 25.7. The lowest BCUT2D eigenvalue weighted by atomic mass is 10.1. The van der Waals surface area contributed by atoms with Crippen molar-refractivity contribution < 1.29 is 9.53 Å². The van der Waals surface area contributed by atoms with E-state index in [0.717, 1.165) is 29.7 Å². The van der Waals surface area contributed by atoms with Crippen molar-refractivity contribution >= 4 is 23.2 Å². The number of aromatic amines is 1. The zero-order chi connectivity index (χ0) is 30.9. The summed E-state index contributed by atoms with van der Waals surface area (Å²) in [4.78, 5) is 46.9. The Bertz CT molecular complexity index is 1770. The summed E-state index contributed by atoms with van der Waals surface area (Å²) in [6, 6.07) is 11.4. The Kier molecular flexibility index (Phi) is 8.30. The molecular weight excluding hydrogens is 548 g/mol. The molecule has 0 radical (unpaired) electrons. The van der Waals surface area contributed by atoms with Crippen LogP contribution in [0.15, 0.2) is 57.6 Å². The van der Waals surface area contributed by atoms with E-state index in [2.05, 4.69) is 20.4 Å². The van der Waals surface area contributed by atoms with Crippen LogP contribution in [0.1, 0.15) is 53.2 Å². The number of fused-ring (bicyclic) bond motifs is 1. The van der Waals surface area contributed by atoms with Crippen LogP contribution in [-0.4, -0.2) is 59.7 Å². The fraction of sp³-hybridized carbons (Fsp3) is 0.452. The molecular formula is C31H40N8O4. The molecule has 1 aliphatic rings. The van der Waals surface area contributed by atoms with Crippen molar-refractivity contribution in [3.8, 4) is 11.3 Å². The number of nitrogens with one attached hydrogen (secondary N) is 2. The fourth-order valence-electron chi connectivity index (χ4n) is 5.31. The van der Waals surface area contributed by atoms with Gasteiger partial charge in [-0.2, -0.15) is 10.1 Å². The lowest BCUT2D eigenvalue weighted by molar-refractivity contribution is 0.0499. The molecule has 1 amide bonds. The molecule has 12 nitrogen and oxygen atoms in total. The number of nitrogens with zero attached hydrogens (tertiary/aromatic N) is 6. The summed E-state index contributed by atoms with van der Waals surface area (Å²) in [6.07, 6.45) is 3.18. The normalized spacial score (nSPS) is 15.5. The number of amides is 1. The maximum atomic E-state index is 14.0. The van der Waals surface area contributed by atoms with E-state index in [9.17, 15) is 14.4 Å². The second-order valence-corrected chi connectivity index (χ2v) is 12.3. The highest BCUT2D eigenvalue weighted by Gasteiger charge is 2.29. The molecule has 0 saturated carbocycles. The first-order valence-corrected chi connectivity index (χ1v) is 14.6. The maximum absolute atomic E-state index is 14.0. The number of aryl methyl sites for hydroxylation is 1. The number of H-pyrrole nitrogens is 1. The molecule has 1 fully saturated rings. The van der Waals surface area contributed by atoms with Crippen molar-refractivity contribution in [1.82, 2.24) is 34.2 Å². The number of anilines is 1. The van der Waals surface area contributed by atoms with Gasteiger partial charge in [-0.1, -0.05) is 42.0 Å². The zero-order valence-electron chi connectivity index (χ0n) is 25.7. The van der Waals surface area contributed by atoms with E-state index < -0.39 is 22.9 Å². The van der Waals surface area contributed by atoms with Gasteiger partial charge in [0, 0.05) is 38.3 Å². The van der Waals surface area contributed by atoms with Gasteiger partial charge in [0.2, 0.25) is 5.95 Å². The minimum absolute atomic E-state index is 0.0377. The van der Waals surface area contributed by atoms with Crippen molar-refractivity contribution in [2.24, 2.45) is 7.05 Å². The van der Waals surface area contributed by atoms with Gasteiger partial charge >= 0.3 is 11.8 Å². The molecule has 1 aromatic carbocycles. The Morgan fingerprint density at radius 1 is 1.16 bits per heavy atom. The summed E-state index contributed by atoms with van der Waals surface area (Å²) >= 11 is 0. The van der Waals surface area contributed by atoms with Crippen molar-refractivity contribution in [2.75, 3.05) is 18.0 Å². The van der Waals surface area contributed by atoms with Gasteiger partial charge in [0.25, 0.3) is 5.56 Å². The lowest BCUT2D eigenvalue weighted by Gasteiger charge is -2.34. The molecule has 0 bridgehead atoms. The molecule has 4 aromatic rings. The SMILES string of the molecule is CC(C)=CCn1c(N2CCCC(NC(=O)OC(C)(C)C)C2)nc2c1c(=O)n(Cc1cc(-c3ccccc3)n[nH]1)c(=O)n2C. The summed E-state index contributed by atoms with van der Waals surface area (Å²) in [6.45, 7) is 11.1. The van der Waals surface area contributed by atoms with Crippen molar-refractivity contribution in [3.05, 3.63) is 74.6 Å². The van der Waals surface area contributed by atoms with Crippen LogP contribution in [0, 0.1) is 0 Å². The van der Waals surface area contributed by atoms with Gasteiger partial charge in [-0.3, -0.25) is 19.0 Å². The average Bonchev–Trinajstić information content (AvgIpc) is 3.58. The Morgan fingerprint density at radius 3 is 2.60 bits per heavy atom. The number of piperidine rings is 1. The highest BCUT2D eigenvalue weighted by atomic mass is 16.6. The number of benzene rings is 1. The molecule has 228 valence electrons. The van der Waals surface area contributed by atoms with Crippen molar-refractivity contribution in [1.29, 1.82) is 0 Å². The van der Waals surface area contributed by atoms with E-state index in [1.807, 2.05) is 81.7 Å². The lowest BCUT2D eigenvalue weighted by Crippen LogP contribution is -2.49. The first kappa shape index (κ1) is 29.9. The van der Waals surface area contributed by atoms with E-state index in [1.54, 1.807) is 7.05 Å². The first-order valence-electron chi connectivity index (χ1n) is 14.6. The number of carbonyl (C=O) groups excluding carboxylic acids is 1. The van der Waals surface area contributed by atoms with E-state index in [-0.39, 0.29) is 12.6 Å². The van der Waals surface area contributed by atoms with Gasteiger partial charge in [0.15, 0.2) is 11.2 Å². The van der Waals surface area contributed by atoms with Crippen LogP contribution in [0.25, 0.3) is 22.4 Å². The topological polar surface area (TPSA) is 132 Å². The standard InChI is InChI=1S/C31H40N8O4/c1-20(2)14-16-38-25-26(33-28(38)37-15-10-13-22(18-37)32-29(41)43-31(3,4)5)36(6)30(42)39(27(25)40)19-23-17-24(35-34-23)21-11-8-7-9-12-21/h7-9,11-12,14,17,22H,10,13,15-16,18-19H2,1-6H3,(H,32,41)(H,34,35). The van der Waals surface area contributed by atoms with Crippen LogP contribution in [-0.2, 0) is 24.9 Å². The molecule has 1 atom stereocenters. The number of hydrogen-bond donors (Lipinski definition) is 2. The molecule has 1 aliphatic heterocycles. The third-order valence-electron chi connectivity index (χ3n) is 7.35. The molecule has 2 N–H and O–H groups in total. The average molecular weight is 589 g/mol. The largest absolute Gasteiger partial charge is 0.444 e. The fourth-order valence-corrected chi connectivity index (χ4v) is 5.31. The van der Waals surface area contributed by atoms with Gasteiger partial charge in [0.1, 0.15) is 5.60 Å². The number of allylic oxidation sites excluding steroid dienone is 2. The van der Waals surface area contributed by atoms with E-state index in [0.29, 0.717) is 42.4 Å². The summed E-state index contributed by atoms with van der Waals surface area (Å²) in [5.74, 6) is 0.584. The third kappa shape index (κ3) is 6.58. The second-order valence-electron chi connectivity index (χ2n) is 12.3. The second kappa shape index (κ2) is 11.9. The first-order chi connectivity index (χ1) is 20.4. The molecule has 0 spiro atoms. The molecule has 12 heteroatoms. The Balaban J connectivity index is 1.52. The molecule has 0 aliphatic carbocycles. The molecule has 5 rings (SSSR count). The minimum Gasteiger partial charge on any atom is -0.444 e. The summed E-state index contributed by atoms with van der Waals surface area (Å²) < 4.78 is 9.98. The summed E-state index contributed by atoms with van der Waals surface area (Å²) in [5.41, 5.74) is 2.58. The number of hydrogen-bond acceptors (Lipinski definition) is 7. The van der Waals surface area contributed by atoms with Crippen molar-refractivity contribution in [3.63, 3.8) is 0 Å². The third-order valence-corrected chi connectivity index (χ3v) is 7.35. The van der Waals surface area contributed by atoms with E-state index in [1.165, 1.54) is 9.13 Å². The molecule has 1 unspecified atom stereocenters. The Hall–Kier alpha value is -4.61. The van der Waals surface area contributed by atoms with Crippen LogP contribution in [0.2, 0.25) is 0 Å². The highest BCUT2D eigenvalue weighted by Crippen LogP contribution is 2.24. The smallest absolute Gasteiger partial charge is 0.407 e. The summed E-state index contributed by atoms with van der Waals surface area (Å²) in [5, 5.41) is 10.3. The number of rotatable bonds is 7. The van der Waals surface area contributed by atoms with E-state index >= 15 is 0 Å². The predicted molar refractivity (Wildman–Crippen MR) is 166 cm³/mol. The maximum Gasteiger partial charge on any atom is 0.407 e. The molecule has 43 heavy (non-hydrogen) atoms. The Morgan fingerprint density at radius 2 is 1.91 bits per heavy atom. The summed E-state index contributed by atoms with van der Waals surface area (Å²) in [7, 11) is 1.63. The van der Waals surface area contributed by atoms with Gasteiger partial charge in [-0.15, -0.1) is 0 Å². The number of alkyl carbamates (subject to hydrolysis) is 1. The van der Waals surface area contributed by atoms with Crippen LogP contribution < -0.4 is 21.5 Å². The highest BCUT2D eigenvalue weighted by molar-refractivity contribution is 5.75. The minimum atomic E-state index is -0.596. The Labute approximate surface area is 250 Å². The van der Waals surface area contributed by atoms with Crippen molar-refractivity contribution in [2.45, 2.75) is 72.2 Å². The number of aromatic nitrogens is 6. The van der Waals surface area contributed by atoms with Gasteiger partial charge in [-0.25, -0.2) is 9.59 Å². The van der Waals surface area contributed by atoms with Gasteiger partial charge in [-0.05, 0) is 53.5 Å². The predicted octanol–water partition coefficient (Wildman–Crippen LogP) is 3.79. The molecule has 3 aromatic heterocycles. The number of imidazole rings is 1. The number of carbonyl (C=O) groups is 1. The van der Waals surface area contributed by atoms with Crippen LogP contribution in [0.4, 0.5) is 10.7 Å². The monoisotopic (exact) mass is 588 g/mol. The molecule has 1 saturated heterocycles. The quantitative estimate of drug-likeness (QED) is 0.314. The van der Waals surface area contributed by atoms with E-state index in [4.69, 9.17) is 9.72 Å².